The molecule has 0 heterocycles. The first-order valence-electron chi connectivity index (χ1n) is 7.29. The van der Waals surface area contributed by atoms with E-state index in [1.165, 1.54) is 24.3 Å². The Labute approximate surface area is 125 Å². The molecule has 3 atom stereocenters. The molecule has 3 N–H and O–H groups in total. The number of amides is 2. The summed E-state index contributed by atoms with van der Waals surface area (Å²) in [6.45, 7) is 7.72. The van der Waals surface area contributed by atoms with Crippen molar-refractivity contribution in [1.29, 1.82) is 0 Å². The Morgan fingerprint density at radius 2 is 1.90 bits per heavy atom. The van der Waals surface area contributed by atoms with Gasteiger partial charge < -0.3 is 15.7 Å². The molecule has 0 aliphatic heterocycles. The number of carbonyl (C=O) groups is 1. The van der Waals surface area contributed by atoms with Crippen LogP contribution in [0.15, 0.2) is 24.3 Å². The SMILES string of the molecule is CCC(C)C(C)NC(=O)NCC(C)(O)c1ccc(F)cc1. The van der Waals surface area contributed by atoms with Crippen LogP contribution >= 0.6 is 0 Å². The zero-order chi connectivity index (χ0) is 16.0. The minimum Gasteiger partial charge on any atom is -0.384 e. The van der Waals surface area contributed by atoms with Crippen LogP contribution in [0.4, 0.5) is 9.18 Å². The first-order chi connectivity index (χ1) is 9.76. The molecule has 5 heteroatoms. The highest BCUT2D eigenvalue weighted by molar-refractivity contribution is 5.74. The Kier molecular flexibility index (Phi) is 6.15. The Hall–Kier alpha value is -1.62. The maximum Gasteiger partial charge on any atom is 0.315 e. The zero-order valence-electron chi connectivity index (χ0n) is 13.1. The fourth-order valence-electron chi connectivity index (χ4n) is 1.92. The van der Waals surface area contributed by atoms with E-state index in [-0.39, 0.29) is 24.4 Å². The molecule has 0 radical (unpaired) electrons. The van der Waals surface area contributed by atoms with E-state index >= 15 is 0 Å². The second-order valence-electron chi connectivity index (χ2n) is 5.78. The molecule has 0 aromatic heterocycles. The third-order valence-corrected chi connectivity index (χ3v) is 3.92. The molecule has 21 heavy (non-hydrogen) atoms. The van der Waals surface area contributed by atoms with Gasteiger partial charge in [-0.05, 0) is 37.5 Å². The lowest BCUT2D eigenvalue weighted by atomic mass is 9.96. The van der Waals surface area contributed by atoms with Gasteiger partial charge in [-0.15, -0.1) is 0 Å². The van der Waals surface area contributed by atoms with Crippen LogP contribution in [-0.4, -0.2) is 23.7 Å². The van der Waals surface area contributed by atoms with Gasteiger partial charge in [0.2, 0.25) is 0 Å². The molecule has 0 fully saturated rings. The predicted octanol–water partition coefficient (Wildman–Crippen LogP) is 2.77. The topological polar surface area (TPSA) is 61.4 Å². The van der Waals surface area contributed by atoms with E-state index in [0.717, 1.165) is 6.42 Å². The number of rotatable bonds is 6. The fourth-order valence-corrected chi connectivity index (χ4v) is 1.92. The normalized spacial score (nSPS) is 16.7. The lowest BCUT2D eigenvalue weighted by molar-refractivity contribution is 0.0591. The maximum atomic E-state index is 12.9. The molecule has 118 valence electrons. The lowest BCUT2D eigenvalue weighted by Gasteiger charge is -2.26. The number of nitrogens with one attached hydrogen (secondary N) is 2. The molecule has 0 aliphatic rings. The van der Waals surface area contributed by atoms with Crippen molar-refractivity contribution in [3.63, 3.8) is 0 Å². The van der Waals surface area contributed by atoms with Crippen LogP contribution in [0.1, 0.15) is 39.7 Å². The summed E-state index contributed by atoms with van der Waals surface area (Å²) in [5.74, 6) is 0.0241. The standard InChI is InChI=1S/C16H25FN2O2/c1-5-11(2)12(3)19-15(20)18-10-16(4,21)13-6-8-14(17)9-7-13/h6-9,11-12,21H,5,10H2,1-4H3,(H2,18,19,20). The third-order valence-electron chi connectivity index (χ3n) is 3.92. The summed E-state index contributed by atoms with van der Waals surface area (Å²) in [5, 5.41) is 15.8. The summed E-state index contributed by atoms with van der Waals surface area (Å²) in [5.41, 5.74) is -0.691. The van der Waals surface area contributed by atoms with Crippen LogP contribution < -0.4 is 10.6 Å². The van der Waals surface area contributed by atoms with Crippen LogP contribution in [0, 0.1) is 11.7 Å². The van der Waals surface area contributed by atoms with Gasteiger partial charge in [-0.2, -0.15) is 0 Å². The van der Waals surface area contributed by atoms with E-state index in [0.29, 0.717) is 11.5 Å². The van der Waals surface area contributed by atoms with Crippen molar-refractivity contribution in [1.82, 2.24) is 10.6 Å². The van der Waals surface area contributed by atoms with E-state index in [1.807, 2.05) is 6.92 Å². The Balaban J connectivity index is 2.53. The average molecular weight is 296 g/mol. The minimum absolute atomic E-state index is 0.0533. The molecule has 1 aromatic carbocycles. The molecule has 0 bridgehead atoms. The first kappa shape index (κ1) is 17.4. The highest BCUT2D eigenvalue weighted by Crippen LogP contribution is 2.19. The van der Waals surface area contributed by atoms with Crippen LogP contribution in [0.25, 0.3) is 0 Å². The van der Waals surface area contributed by atoms with Crippen LogP contribution in [0.2, 0.25) is 0 Å². The van der Waals surface area contributed by atoms with Crippen molar-refractivity contribution >= 4 is 6.03 Å². The van der Waals surface area contributed by atoms with Crippen molar-refractivity contribution in [2.45, 2.75) is 45.8 Å². The van der Waals surface area contributed by atoms with E-state index in [1.54, 1.807) is 6.92 Å². The van der Waals surface area contributed by atoms with Gasteiger partial charge in [0.1, 0.15) is 11.4 Å². The summed E-state index contributed by atoms with van der Waals surface area (Å²) >= 11 is 0. The van der Waals surface area contributed by atoms with E-state index in [2.05, 4.69) is 24.5 Å². The van der Waals surface area contributed by atoms with Crippen molar-refractivity contribution in [2.75, 3.05) is 6.54 Å². The fraction of sp³-hybridized carbons (Fsp3) is 0.562. The first-order valence-corrected chi connectivity index (χ1v) is 7.29. The van der Waals surface area contributed by atoms with Crippen LogP contribution in [-0.2, 0) is 5.60 Å². The molecule has 0 spiro atoms. The molecule has 0 saturated carbocycles. The number of benzene rings is 1. The second kappa shape index (κ2) is 7.41. The van der Waals surface area contributed by atoms with Gasteiger partial charge in [0.05, 0.1) is 6.54 Å². The van der Waals surface area contributed by atoms with Gasteiger partial charge in [-0.1, -0.05) is 32.4 Å². The van der Waals surface area contributed by atoms with Crippen molar-refractivity contribution in [2.24, 2.45) is 5.92 Å². The number of halogens is 1. The molecular weight excluding hydrogens is 271 g/mol. The van der Waals surface area contributed by atoms with Gasteiger partial charge in [-0.3, -0.25) is 0 Å². The number of urea groups is 1. The molecule has 0 saturated heterocycles. The van der Waals surface area contributed by atoms with Crippen LogP contribution in [0.5, 0.6) is 0 Å². The van der Waals surface area contributed by atoms with Gasteiger partial charge >= 0.3 is 6.03 Å². The van der Waals surface area contributed by atoms with Gasteiger partial charge in [0.15, 0.2) is 0 Å². The largest absolute Gasteiger partial charge is 0.384 e. The van der Waals surface area contributed by atoms with Crippen molar-refractivity contribution in [3.8, 4) is 0 Å². The van der Waals surface area contributed by atoms with Crippen LogP contribution in [0.3, 0.4) is 0 Å². The summed E-state index contributed by atoms with van der Waals surface area (Å²) in [6.07, 6.45) is 0.981. The predicted molar refractivity (Wildman–Crippen MR) is 81.4 cm³/mol. The summed E-state index contributed by atoms with van der Waals surface area (Å²) in [4.78, 5) is 11.8. The molecule has 1 rings (SSSR count). The Morgan fingerprint density at radius 3 is 2.43 bits per heavy atom. The molecule has 4 nitrogen and oxygen atoms in total. The number of hydrogen-bond acceptors (Lipinski definition) is 2. The van der Waals surface area contributed by atoms with E-state index in [9.17, 15) is 14.3 Å². The number of hydrogen-bond donors (Lipinski definition) is 3. The van der Waals surface area contributed by atoms with Crippen molar-refractivity contribution in [3.05, 3.63) is 35.6 Å². The number of carbonyl (C=O) groups excluding carboxylic acids is 1. The lowest BCUT2D eigenvalue weighted by Crippen LogP contribution is -2.47. The summed E-state index contributed by atoms with van der Waals surface area (Å²) in [7, 11) is 0. The monoisotopic (exact) mass is 296 g/mol. The molecule has 3 unspecified atom stereocenters. The average Bonchev–Trinajstić information content (AvgIpc) is 2.44. The molecule has 1 aromatic rings. The Morgan fingerprint density at radius 1 is 1.33 bits per heavy atom. The summed E-state index contributed by atoms with van der Waals surface area (Å²) in [6, 6.07) is 5.34. The zero-order valence-corrected chi connectivity index (χ0v) is 13.1. The quantitative estimate of drug-likeness (QED) is 0.756. The molecular formula is C16H25FN2O2. The highest BCUT2D eigenvalue weighted by Gasteiger charge is 2.24. The van der Waals surface area contributed by atoms with E-state index < -0.39 is 5.60 Å². The maximum absolute atomic E-state index is 12.9. The van der Waals surface area contributed by atoms with E-state index in [4.69, 9.17) is 0 Å². The Bertz CT molecular complexity index is 460. The highest BCUT2D eigenvalue weighted by atomic mass is 19.1. The van der Waals surface area contributed by atoms with Gasteiger partial charge in [-0.25, -0.2) is 9.18 Å². The van der Waals surface area contributed by atoms with Gasteiger partial charge in [0.25, 0.3) is 0 Å². The molecule has 0 aliphatic carbocycles. The van der Waals surface area contributed by atoms with Crippen molar-refractivity contribution < 1.29 is 14.3 Å². The second-order valence-corrected chi connectivity index (χ2v) is 5.78. The van der Waals surface area contributed by atoms with Gasteiger partial charge in [0, 0.05) is 6.04 Å². The third kappa shape index (κ3) is 5.34. The number of aliphatic hydroxyl groups is 1. The molecule has 2 amide bonds. The smallest absolute Gasteiger partial charge is 0.315 e. The minimum atomic E-state index is -1.25. The summed E-state index contributed by atoms with van der Waals surface area (Å²) < 4.78 is 12.9.